The fourth-order valence-electron chi connectivity index (χ4n) is 3.43. The first kappa shape index (κ1) is 23.9. The van der Waals surface area contributed by atoms with Crippen molar-refractivity contribution in [3.8, 4) is 0 Å². The number of anilines is 1. The lowest BCUT2D eigenvalue weighted by Gasteiger charge is -2.30. The Labute approximate surface area is 184 Å². The zero-order valence-electron chi connectivity index (χ0n) is 18.6. The first-order chi connectivity index (χ1) is 14.8. The summed E-state index contributed by atoms with van der Waals surface area (Å²) in [6.45, 7) is 11.7. The number of rotatable bonds is 10. The van der Waals surface area contributed by atoms with Crippen molar-refractivity contribution < 1.29 is 9.53 Å². The molecule has 1 fully saturated rings. The Hall–Kier alpha value is -3.35. The van der Waals surface area contributed by atoms with E-state index in [9.17, 15) is 4.79 Å². The van der Waals surface area contributed by atoms with E-state index in [2.05, 4.69) is 28.8 Å². The first-order valence-corrected chi connectivity index (χ1v) is 10.4. The van der Waals surface area contributed by atoms with Crippen molar-refractivity contribution in [3.05, 3.63) is 66.7 Å². The number of hydrogen-bond acceptors (Lipinski definition) is 6. The highest BCUT2D eigenvalue weighted by Crippen LogP contribution is 2.33. The molecule has 1 saturated carbocycles. The molecule has 5 N–H and O–H groups in total. The topological polar surface area (TPSA) is 113 Å². The van der Waals surface area contributed by atoms with Crippen molar-refractivity contribution >= 4 is 23.5 Å². The molecule has 1 aliphatic rings. The molecule has 7 nitrogen and oxygen atoms in total. The third kappa shape index (κ3) is 5.84. The predicted octanol–water partition coefficient (Wildman–Crippen LogP) is 3.82. The number of carbonyl (C=O) groups is 1. The lowest BCUT2D eigenvalue weighted by Crippen LogP contribution is -2.42. The molecule has 0 radical (unpaired) electrons. The average Bonchev–Trinajstić information content (AvgIpc) is 3.18. The molecule has 1 aliphatic carbocycles. The van der Waals surface area contributed by atoms with E-state index >= 15 is 0 Å². The number of carbonyl (C=O) groups excluding carboxylic acids is 1. The van der Waals surface area contributed by atoms with E-state index in [4.69, 9.17) is 15.9 Å². The van der Waals surface area contributed by atoms with Crippen LogP contribution in [0.25, 0.3) is 5.57 Å². The molecule has 1 amide bonds. The van der Waals surface area contributed by atoms with Crippen LogP contribution in [0.15, 0.2) is 55.6 Å². The Bertz CT molecular complexity index is 901. The summed E-state index contributed by atoms with van der Waals surface area (Å²) < 4.78 is 6.31. The first-order valence-electron chi connectivity index (χ1n) is 10.4. The van der Waals surface area contributed by atoms with E-state index in [0.717, 1.165) is 25.0 Å². The quantitative estimate of drug-likeness (QED) is 0.198. The van der Waals surface area contributed by atoms with Crippen LogP contribution >= 0.6 is 0 Å². The van der Waals surface area contributed by atoms with Crippen molar-refractivity contribution in [2.45, 2.75) is 45.3 Å². The average molecular weight is 424 g/mol. The van der Waals surface area contributed by atoms with Crippen molar-refractivity contribution in [1.29, 1.82) is 5.41 Å². The molecule has 31 heavy (non-hydrogen) atoms. The molecule has 0 saturated heterocycles. The van der Waals surface area contributed by atoms with Gasteiger partial charge < -0.3 is 26.5 Å². The van der Waals surface area contributed by atoms with Crippen LogP contribution in [0.1, 0.15) is 49.0 Å². The van der Waals surface area contributed by atoms with Crippen LogP contribution in [-0.4, -0.2) is 36.3 Å². The number of nitrogen functional groups attached to an aromatic ring is 1. The number of amides is 1. The summed E-state index contributed by atoms with van der Waals surface area (Å²) in [6.07, 6.45) is 12.2. The minimum absolute atomic E-state index is 0.144. The Balaban J connectivity index is 2.22. The molecule has 1 heterocycles. The lowest BCUT2D eigenvalue weighted by atomic mass is 9.90. The summed E-state index contributed by atoms with van der Waals surface area (Å²) in [7, 11) is 1.74. The monoisotopic (exact) mass is 423 g/mol. The minimum atomic E-state index is -0.350. The minimum Gasteiger partial charge on any atom is -0.492 e. The number of allylic oxidation sites excluding steroid dienone is 4. The highest BCUT2D eigenvalue weighted by Gasteiger charge is 2.34. The van der Waals surface area contributed by atoms with E-state index in [1.807, 2.05) is 26.0 Å². The van der Waals surface area contributed by atoms with Gasteiger partial charge in [0, 0.05) is 42.2 Å². The fraction of sp³-hybridized carbons (Fsp3) is 0.375. The van der Waals surface area contributed by atoms with Crippen LogP contribution in [0, 0.1) is 10.8 Å². The van der Waals surface area contributed by atoms with Gasteiger partial charge in [-0.2, -0.15) is 0 Å². The van der Waals surface area contributed by atoms with E-state index in [1.54, 1.807) is 31.6 Å². The predicted molar refractivity (Wildman–Crippen MR) is 127 cm³/mol. The van der Waals surface area contributed by atoms with Gasteiger partial charge in [0.1, 0.15) is 17.7 Å². The largest absolute Gasteiger partial charge is 0.492 e. The van der Waals surface area contributed by atoms with Crippen LogP contribution < -0.4 is 16.4 Å². The van der Waals surface area contributed by atoms with Gasteiger partial charge in [-0.15, -0.1) is 6.58 Å². The van der Waals surface area contributed by atoms with E-state index in [0.29, 0.717) is 11.1 Å². The smallest absolute Gasteiger partial charge is 0.255 e. The zero-order chi connectivity index (χ0) is 23.0. The van der Waals surface area contributed by atoms with Crippen molar-refractivity contribution in [3.63, 3.8) is 0 Å². The number of nitrogens with two attached hydrogens (primary N) is 1. The molecule has 2 atom stereocenters. The van der Waals surface area contributed by atoms with E-state index in [1.165, 1.54) is 6.21 Å². The number of ether oxygens (including phenoxy) is 1. The van der Waals surface area contributed by atoms with Crippen LogP contribution in [0.2, 0.25) is 0 Å². The second kappa shape index (κ2) is 10.6. The number of nitrogens with one attached hydrogen (secondary N) is 3. The maximum Gasteiger partial charge on any atom is 0.255 e. The second-order valence-corrected chi connectivity index (χ2v) is 8.05. The number of pyridine rings is 1. The third-order valence-corrected chi connectivity index (χ3v) is 5.41. The molecular weight excluding hydrogens is 390 g/mol. The zero-order valence-corrected chi connectivity index (χ0v) is 18.6. The summed E-state index contributed by atoms with van der Waals surface area (Å²) in [5.74, 6) is 0.601. The van der Waals surface area contributed by atoms with Crippen molar-refractivity contribution in [2.75, 3.05) is 12.8 Å². The Morgan fingerprint density at radius 2 is 2.13 bits per heavy atom. The summed E-state index contributed by atoms with van der Waals surface area (Å²) in [5, 5.41) is 13.5. The molecule has 0 unspecified atom stereocenters. The van der Waals surface area contributed by atoms with Gasteiger partial charge in [-0.1, -0.05) is 18.7 Å². The highest BCUT2D eigenvalue weighted by atomic mass is 16.5. The van der Waals surface area contributed by atoms with Gasteiger partial charge in [-0.3, -0.25) is 4.79 Å². The summed E-state index contributed by atoms with van der Waals surface area (Å²) in [5.41, 5.74) is 7.14. The molecule has 0 spiro atoms. The molecular formula is C24H33N5O2. The van der Waals surface area contributed by atoms with Crippen LogP contribution in [-0.2, 0) is 4.74 Å². The van der Waals surface area contributed by atoms with Gasteiger partial charge in [-0.05, 0) is 45.3 Å². The summed E-state index contributed by atoms with van der Waals surface area (Å²) in [6, 6.07) is 1.50. The van der Waals surface area contributed by atoms with Gasteiger partial charge in [-0.25, -0.2) is 4.98 Å². The maximum atomic E-state index is 13.0. The number of hydrogen-bond donors (Lipinski definition) is 4. The van der Waals surface area contributed by atoms with Crippen LogP contribution in [0.4, 0.5) is 5.82 Å². The van der Waals surface area contributed by atoms with E-state index in [-0.39, 0.29) is 34.8 Å². The third-order valence-electron chi connectivity index (χ3n) is 5.41. The maximum absolute atomic E-state index is 13.0. The molecule has 0 aromatic carbocycles. The van der Waals surface area contributed by atoms with Crippen LogP contribution in [0.3, 0.4) is 0 Å². The van der Waals surface area contributed by atoms with Gasteiger partial charge in [0.2, 0.25) is 0 Å². The molecule has 0 aliphatic heterocycles. The molecule has 1 aromatic heterocycles. The van der Waals surface area contributed by atoms with Gasteiger partial charge in [0.05, 0.1) is 11.6 Å². The summed E-state index contributed by atoms with van der Waals surface area (Å²) >= 11 is 0. The lowest BCUT2D eigenvalue weighted by molar-refractivity contribution is 0.0621. The summed E-state index contributed by atoms with van der Waals surface area (Å²) in [4.78, 5) is 17.2. The van der Waals surface area contributed by atoms with Gasteiger partial charge >= 0.3 is 0 Å². The molecule has 7 heteroatoms. The number of aromatic nitrogens is 1. The molecule has 1 aromatic rings. The molecule has 0 bridgehead atoms. The number of nitrogens with zero attached hydrogens (tertiary/aromatic N) is 1. The SMILES string of the molecule is C=C/C=C(\O[C@H]1CCC[C@@H]1NC(=O)c1cc(/C(C=N)=C/NC)cnc1N)C(C)(C)C=C. The Kier molecular flexibility index (Phi) is 8.19. The highest BCUT2D eigenvalue weighted by molar-refractivity contribution is 6.09. The Morgan fingerprint density at radius 1 is 1.39 bits per heavy atom. The van der Waals surface area contributed by atoms with E-state index < -0.39 is 0 Å². The Morgan fingerprint density at radius 3 is 2.74 bits per heavy atom. The van der Waals surface area contributed by atoms with Crippen molar-refractivity contribution in [1.82, 2.24) is 15.6 Å². The van der Waals surface area contributed by atoms with Gasteiger partial charge in [0.25, 0.3) is 5.91 Å². The molecule has 2 rings (SSSR count). The fourth-order valence-corrected chi connectivity index (χ4v) is 3.43. The molecule has 166 valence electrons. The van der Waals surface area contributed by atoms with Crippen molar-refractivity contribution in [2.24, 2.45) is 5.41 Å². The second-order valence-electron chi connectivity index (χ2n) is 8.05. The van der Waals surface area contributed by atoms with Gasteiger partial charge in [0.15, 0.2) is 0 Å². The van der Waals surface area contributed by atoms with Crippen LogP contribution in [0.5, 0.6) is 0 Å². The standard InChI is InChI=1S/C24H33N5O2/c1-6-9-21(24(3,4)7-2)31-20-11-8-10-19(20)29-23(30)18-12-16(15-28-22(18)26)17(13-25)14-27-5/h6-7,9,12-15,19-20,25,27H,1-2,8,10-11H2,3-5H3,(H2,26,28)(H,29,30)/b17-14+,21-9-,25-13?/t19-,20-/m0/s1. The normalized spacial score (nSPS) is 19.5.